The molecule has 3 heterocycles. The molecule has 5 heteroatoms. The third-order valence-electron chi connectivity index (χ3n) is 5.41. The largest absolute Gasteiger partial charge is 0.497 e. The smallest absolute Gasteiger partial charge is 0.162 e. The van der Waals surface area contributed by atoms with Gasteiger partial charge in [0.05, 0.1) is 13.3 Å². The first-order valence-electron chi connectivity index (χ1n) is 9.56. The van der Waals surface area contributed by atoms with Crippen molar-refractivity contribution in [3.8, 4) is 16.9 Å². The van der Waals surface area contributed by atoms with E-state index in [0.717, 1.165) is 48.6 Å². The predicted octanol–water partition coefficient (Wildman–Crippen LogP) is 3.96. The van der Waals surface area contributed by atoms with E-state index in [1.54, 1.807) is 7.11 Å². The van der Waals surface area contributed by atoms with Crippen molar-refractivity contribution in [1.29, 1.82) is 0 Å². The van der Waals surface area contributed by atoms with Crippen LogP contribution >= 0.6 is 0 Å². The highest BCUT2D eigenvalue weighted by molar-refractivity contribution is 5.76. The van der Waals surface area contributed by atoms with Crippen molar-refractivity contribution in [1.82, 2.24) is 19.5 Å². The molecule has 28 heavy (non-hydrogen) atoms. The molecule has 0 fully saturated rings. The quantitative estimate of drug-likeness (QED) is 0.545. The van der Waals surface area contributed by atoms with E-state index >= 15 is 0 Å². The Hall–Kier alpha value is -3.18. The van der Waals surface area contributed by atoms with Crippen LogP contribution in [-0.4, -0.2) is 33.2 Å². The molecule has 0 atom stereocenters. The van der Waals surface area contributed by atoms with E-state index in [0.29, 0.717) is 0 Å². The Balaban J connectivity index is 1.36. The van der Waals surface area contributed by atoms with Crippen LogP contribution in [0.25, 0.3) is 16.8 Å². The standard InChI is InChI=1S/C23H22N4O/c1-28-21-8-7-20-16-26(10-9-19(20)11-21)14-17-12-24-23-22(13-25-27(23)15-17)18-5-3-2-4-6-18/h2-8,11-13,15H,9-10,14,16H2,1H3. The number of benzene rings is 2. The van der Waals surface area contributed by atoms with E-state index in [4.69, 9.17) is 9.72 Å². The van der Waals surface area contributed by atoms with Crippen molar-refractivity contribution >= 4 is 5.65 Å². The molecule has 5 rings (SSSR count). The Kier molecular flexibility index (Phi) is 4.29. The summed E-state index contributed by atoms with van der Waals surface area (Å²) in [7, 11) is 1.72. The van der Waals surface area contributed by atoms with Gasteiger partial charge < -0.3 is 4.74 Å². The number of aromatic nitrogens is 3. The minimum Gasteiger partial charge on any atom is -0.497 e. The Morgan fingerprint density at radius 2 is 1.93 bits per heavy atom. The second-order valence-corrected chi connectivity index (χ2v) is 7.25. The molecule has 0 unspecified atom stereocenters. The van der Waals surface area contributed by atoms with Crippen molar-refractivity contribution in [3.05, 3.63) is 83.8 Å². The van der Waals surface area contributed by atoms with Crippen molar-refractivity contribution in [2.75, 3.05) is 13.7 Å². The van der Waals surface area contributed by atoms with Crippen LogP contribution in [0.5, 0.6) is 5.75 Å². The number of nitrogens with zero attached hydrogens (tertiary/aromatic N) is 4. The van der Waals surface area contributed by atoms with Crippen LogP contribution < -0.4 is 4.74 Å². The molecule has 140 valence electrons. The van der Waals surface area contributed by atoms with Crippen LogP contribution in [0, 0.1) is 0 Å². The first-order chi connectivity index (χ1) is 13.8. The fraction of sp³-hybridized carbons (Fsp3) is 0.217. The molecule has 0 saturated carbocycles. The number of methoxy groups -OCH3 is 1. The molecule has 5 nitrogen and oxygen atoms in total. The summed E-state index contributed by atoms with van der Waals surface area (Å²) in [5, 5.41) is 4.53. The summed E-state index contributed by atoms with van der Waals surface area (Å²) in [5.41, 5.74) is 7.04. The zero-order valence-corrected chi connectivity index (χ0v) is 15.9. The lowest BCUT2D eigenvalue weighted by Gasteiger charge is -2.28. The number of hydrogen-bond acceptors (Lipinski definition) is 4. The Morgan fingerprint density at radius 3 is 2.79 bits per heavy atom. The van der Waals surface area contributed by atoms with Gasteiger partial charge in [0.15, 0.2) is 5.65 Å². The first kappa shape index (κ1) is 17.0. The van der Waals surface area contributed by atoms with E-state index in [-0.39, 0.29) is 0 Å². The maximum atomic E-state index is 5.35. The SMILES string of the molecule is COc1ccc2c(c1)CCN(Cc1cnc3c(-c4ccccc4)cnn3c1)C2. The summed E-state index contributed by atoms with van der Waals surface area (Å²) in [6.45, 7) is 2.85. The summed E-state index contributed by atoms with van der Waals surface area (Å²) in [6, 6.07) is 16.7. The third-order valence-corrected chi connectivity index (χ3v) is 5.41. The number of fused-ring (bicyclic) bond motifs is 2. The molecule has 0 bridgehead atoms. The molecule has 0 aliphatic carbocycles. The van der Waals surface area contributed by atoms with Gasteiger partial charge in [-0.05, 0) is 35.2 Å². The van der Waals surface area contributed by atoms with E-state index in [9.17, 15) is 0 Å². The van der Waals surface area contributed by atoms with Crippen LogP contribution in [0.2, 0.25) is 0 Å². The van der Waals surface area contributed by atoms with Gasteiger partial charge in [0, 0.05) is 43.2 Å². The molecule has 0 radical (unpaired) electrons. The molecular weight excluding hydrogens is 348 g/mol. The minimum absolute atomic E-state index is 0.870. The maximum absolute atomic E-state index is 5.35. The van der Waals surface area contributed by atoms with E-state index in [1.165, 1.54) is 16.7 Å². The Labute approximate surface area is 164 Å². The van der Waals surface area contributed by atoms with Gasteiger partial charge >= 0.3 is 0 Å². The van der Waals surface area contributed by atoms with Crippen molar-refractivity contribution < 1.29 is 4.74 Å². The fourth-order valence-corrected chi connectivity index (χ4v) is 3.92. The van der Waals surface area contributed by atoms with E-state index < -0.39 is 0 Å². The fourth-order valence-electron chi connectivity index (χ4n) is 3.92. The van der Waals surface area contributed by atoms with E-state index in [2.05, 4.69) is 40.5 Å². The van der Waals surface area contributed by atoms with Gasteiger partial charge in [0.25, 0.3) is 0 Å². The summed E-state index contributed by atoms with van der Waals surface area (Å²) >= 11 is 0. The zero-order chi connectivity index (χ0) is 18.9. The number of rotatable bonds is 4. The van der Waals surface area contributed by atoms with E-state index in [1.807, 2.05) is 41.2 Å². The Bertz CT molecular complexity index is 1120. The predicted molar refractivity (Wildman–Crippen MR) is 109 cm³/mol. The normalized spacial score (nSPS) is 14.2. The van der Waals surface area contributed by atoms with Crippen LogP contribution in [0.4, 0.5) is 0 Å². The summed E-state index contributed by atoms with van der Waals surface area (Å²) in [4.78, 5) is 7.16. The second-order valence-electron chi connectivity index (χ2n) is 7.25. The van der Waals surface area contributed by atoms with Crippen LogP contribution in [0.15, 0.2) is 67.1 Å². The molecule has 0 N–H and O–H groups in total. The molecule has 2 aromatic carbocycles. The summed E-state index contributed by atoms with van der Waals surface area (Å²) in [5.74, 6) is 0.940. The lowest BCUT2D eigenvalue weighted by Crippen LogP contribution is -2.30. The summed E-state index contributed by atoms with van der Waals surface area (Å²) in [6.07, 6.45) is 7.01. The van der Waals surface area contributed by atoms with Gasteiger partial charge in [0.1, 0.15) is 5.75 Å². The molecule has 4 aromatic rings. The molecule has 1 aliphatic rings. The molecular formula is C23H22N4O. The lowest BCUT2D eigenvalue weighted by atomic mass is 9.99. The monoisotopic (exact) mass is 370 g/mol. The lowest BCUT2D eigenvalue weighted by molar-refractivity contribution is 0.244. The van der Waals surface area contributed by atoms with Gasteiger partial charge in [-0.1, -0.05) is 36.4 Å². The molecule has 0 spiro atoms. The minimum atomic E-state index is 0.870. The van der Waals surface area contributed by atoms with Crippen LogP contribution in [0.1, 0.15) is 16.7 Å². The first-order valence-corrected chi connectivity index (χ1v) is 9.56. The third kappa shape index (κ3) is 3.14. The highest BCUT2D eigenvalue weighted by atomic mass is 16.5. The molecule has 0 amide bonds. The number of hydrogen-bond donors (Lipinski definition) is 0. The van der Waals surface area contributed by atoms with Gasteiger partial charge in [-0.25, -0.2) is 9.50 Å². The number of ether oxygens (including phenoxy) is 1. The second kappa shape index (κ2) is 7.09. The van der Waals surface area contributed by atoms with Crippen molar-refractivity contribution in [3.63, 3.8) is 0 Å². The molecule has 1 aliphatic heterocycles. The average Bonchev–Trinajstić information content (AvgIpc) is 3.17. The van der Waals surface area contributed by atoms with Gasteiger partial charge in [-0.3, -0.25) is 4.90 Å². The highest BCUT2D eigenvalue weighted by Gasteiger charge is 2.17. The van der Waals surface area contributed by atoms with Crippen LogP contribution in [-0.2, 0) is 19.5 Å². The van der Waals surface area contributed by atoms with Gasteiger partial charge in [-0.15, -0.1) is 0 Å². The maximum Gasteiger partial charge on any atom is 0.162 e. The van der Waals surface area contributed by atoms with Crippen LogP contribution in [0.3, 0.4) is 0 Å². The van der Waals surface area contributed by atoms with Crippen molar-refractivity contribution in [2.24, 2.45) is 0 Å². The van der Waals surface area contributed by atoms with Gasteiger partial charge in [0.2, 0.25) is 0 Å². The van der Waals surface area contributed by atoms with Gasteiger partial charge in [-0.2, -0.15) is 5.10 Å². The average molecular weight is 370 g/mol. The molecule has 2 aromatic heterocycles. The topological polar surface area (TPSA) is 42.7 Å². The zero-order valence-electron chi connectivity index (χ0n) is 15.9. The summed E-state index contributed by atoms with van der Waals surface area (Å²) < 4.78 is 7.24. The Morgan fingerprint density at radius 1 is 1.04 bits per heavy atom. The molecule has 0 saturated heterocycles. The highest BCUT2D eigenvalue weighted by Crippen LogP contribution is 2.26. The van der Waals surface area contributed by atoms with Crippen molar-refractivity contribution in [2.45, 2.75) is 19.5 Å².